The molecular formula is C12H18ClNO2. The van der Waals surface area contributed by atoms with E-state index >= 15 is 0 Å². The molecule has 1 rings (SSSR count). The van der Waals surface area contributed by atoms with Crippen LogP contribution in [0.25, 0.3) is 0 Å². The third-order valence-corrected chi connectivity index (χ3v) is 2.68. The predicted molar refractivity (Wildman–Crippen MR) is 66.1 cm³/mol. The van der Waals surface area contributed by atoms with Crippen molar-refractivity contribution >= 4 is 11.6 Å². The minimum atomic E-state index is 0.153. The molecule has 1 atom stereocenters. The van der Waals surface area contributed by atoms with Crippen LogP contribution in [-0.2, 0) is 0 Å². The lowest BCUT2D eigenvalue weighted by atomic mass is 10.1. The number of ether oxygens (including phenoxy) is 1. The third-order valence-electron chi connectivity index (χ3n) is 2.44. The van der Waals surface area contributed by atoms with E-state index in [0.717, 1.165) is 24.3 Å². The molecule has 0 bridgehead atoms. The van der Waals surface area contributed by atoms with E-state index in [0.29, 0.717) is 5.02 Å². The molecule has 0 fully saturated rings. The summed E-state index contributed by atoms with van der Waals surface area (Å²) in [6, 6.07) is 5.73. The van der Waals surface area contributed by atoms with E-state index in [9.17, 15) is 0 Å². The Morgan fingerprint density at radius 1 is 1.50 bits per heavy atom. The Bertz CT molecular complexity index is 331. The molecule has 0 amide bonds. The minimum absolute atomic E-state index is 0.153. The highest BCUT2D eigenvalue weighted by molar-refractivity contribution is 6.30. The molecule has 3 nitrogen and oxygen atoms in total. The number of benzene rings is 1. The van der Waals surface area contributed by atoms with Crippen LogP contribution in [0, 0.1) is 0 Å². The van der Waals surface area contributed by atoms with Crippen molar-refractivity contribution in [2.45, 2.75) is 19.4 Å². The van der Waals surface area contributed by atoms with Crippen molar-refractivity contribution in [1.29, 1.82) is 0 Å². The normalized spacial score (nSPS) is 12.5. The summed E-state index contributed by atoms with van der Waals surface area (Å²) in [5.41, 5.74) is 1.04. The van der Waals surface area contributed by atoms with Crippen LogP contribution in [-0.4, -0.2) is 25.4 Å². The van der Waals surface area contributed by atoms with Gasteiger partial charge in [-0.05, 0) is 38.1 Å². The van der Waals surface area contributed by atoms with Crippen LogP contribution < -0.4 is 10.1 Å². The molecular weight excluding hydrogens is 226 g/mol. The summed E-state index contributed by atoms with van der Waals surface area (Å²) < 4.78 is 5.28. The molecule has 0 aliphatic rings. The predicted octanol–water partition coefficient (Wildman–Crippen LogP) is 2.38. The maximum atomic E-state index is 8.71. The maximum Gasteiger partial charge on any atom is 0.123 e. The van der Waals surface area contributed by atoms with Gasteiger partial charge in [-0.25, -0.2) is 0 Å². The molecule has 0 aromatic heterocycles. The van der Waals surface area contributed by atoms with Gasteiger partial charge in [0.15, 0.2) is 0 Å². The quantitative estimate of drug-likeness (QED) is 0.754. The molecule has 16 heavy (non-hydrogen) atoms. The van der Waals surface area contributed by atoms with Crippen molar-refractivity contribution in [1.82, 2.24) is 5.32 Å². The molecule has 0 saturated carbocycles. The molecule has 4 heteroatoms. The molecule has 0 heterocycles. The molecule has 1 unspecified atom stereocenters. The van der Waals surface area contributed by atoms with E-state index in [2.05, 4.69) is 5.32 Å². The SMILES string of the molecule is COc1ccc(Cl)cc1C(C)NCCCO. The van der Waals surface area contributed by atoms with Crippen molar-refractivity contribution in [3.63, 3.8) is 0 Å². The molecule has 0 aliphatic carbocycles. The van der Waals surface area contributed by atoms with Crippen LogP contribution in [0.3, 0.4) is 0 Å². The standard InChI is InChI=1S/C12H18ClNO2/c1-9(14-6-3-7-15)11-8-10(13)4-5-12(11)16-2/h4-5,8-9,14-15H,3,6-7H2,1-2H3. The van der Waals surface area contributed by atoms with Crippen molar-refractivity contribution in [3.8, 4) is 5.75 Å². The highest BCUT2D eigenvalue weighted by Crippen LogP contribution is 2.27. The molecule has 0 radical (unpaired) electrons. The summed E-state index contributed by atoms with van der Waals surface area (Å²) in [5.74, 6) is 0.827. The van der Waals surface area contributed by atoms with Crippen LogP contribution >= 0.6 is 11.6 Å². The first-order valence-corrected chi connectivity index (χ1v) is 5.74. The summed E-state index contributed by atoms with van der Waals surface area (Å²) >= 11 is 5.96. The van der Waals surface area contributed by atoms with E-state index in [1.807, 2.05) is 25.1 Å². The Kier molecular flexibility index (Phi) is 5.60. The highest BCUT2D eigenvalue weighted by atomic mass is 35.5. The summed E-state index contributed by atoms with van der Waals surface area (Å²) in [5, 5.41) is 12.7. The lowest BCUT2D eigenvalue weighted by Crippen LogP contribution is -2.21. The van der Waals surface area contributed by atoms with Crippen LogP contribution in [0.1, 0.15) is 24.9 Å². The monoisotopic (exact) mass is 243 g/mol. The third kappa shape index (κ3) is 3.67. The summed E-state index contributed by atoms with van der Waals surface area (Å²) in [7, 11) is 1.65. The second kappa shape index (κ2) is 6.74. The smallest absolute Gasteiger partial charge is 0.123 e. The van der Waals surface area contributed by atoms with E-state index in [4.69, 9.17) is 21.4 Å². The highest BCUT2D eigenvalue weighted by Gasteiger charge is 2.11. The number of aliphatic hydroxyl groups is 1. The molecule has 2 N–H and O–H groups in total. The van der Waals surface area contributed by atoms with Crippen molar-refractivity contribution in [2.24, 2.45) is 0 Å². The van der Waals surface area contributed by atoms with Gasteiger partial charge in [-0.15, -0.1) is 0 Å². The fourth-order valence-corrected chi connectivity index (χ4v) is 1.73. The topological polar surface area (TPSA) is 41.5 Å². The van der Waals surface area contributed by atoms with Gasteiger partial charge in [-0.1, -0.05) is 11.6 Å². The lowest BCUT2D eigenvalue weighted by molar-refractivity contribution is 0.283. The van der Waals surface area contributed by atoms with Gasteiger partial charge >= 0.3 is 0 Å². The number of nitrogens with one attached hydrogen (secondary N) is 1. The Hall–Kier alpha value is -0.770. The summed E-state index contributed by atoms with van der Waals surface area (Å²) in [6.07, 6.45) is 0.743. The van der Waals surface area contributed by atoms with E-state index in [1.54, 1.807) is 7.11 Å². The molecule has 0 aliphatic heterocycles. The van der Waals surface area contributed by atoms with Gasteiger partial charge in [-0.2, -0.15) is 0 Å². The lowest BCUT2D eigenvalue weighted by Gasteiger charge is -2.17. The first-order valence-electron chi connectivity index (χ1n) is 5.36. The molecule has 0 saturated heterocycles. The van der Waals surface area contributed by atoms with Gasteiger partial charge in [0.05, 0.1) is 7.11 Å². The van der Waals surface area contributed by atoms with E-state index in [1.165, 1.54) is 0 Å². The first kappa shape index (κ1) is 13.3. The zero-order valence-electron chi connectivity index (χ0n) is 9.66. The average Bonchev–Trinajstić information content (AvgIpc) is 2.29. The van der Waals surface area contributed by atoms with Gasteiger partial charge in [0, 0.05) is 23.2 Å². The summed E-state index contributed by atoms with van der Waals surface area (Å²) in [6.45, 7) is 3.02. The van der Waals surface area contributed by atoms with Crippen LogP contribution in [0.2, 0.25) is 5.02 Å². The Morgan fingerprint density at radius 2 is 2.25 bits per heavy atom. The van der Waals surface area contributed by atoms with Crippen molar-refractivity contribution in [2.75, 3.05) is 20.3 Å². The second-order valence-electron chi connectivity index (χ2n) is 3.64. The zero-order valence-corrected chi connectivity index (χ0v) is 10.4. The van der Waals surface area contributed by atoms with Crippen molar-refractivity contribution < 1.29 is 9.84 Å². The average molecular weight is 244 g/mol. The van der Waals surface area contributed by atoms with Gasteiger partial charge in [-0.3, -0.25) is 0 Å². The first-order chi connectivity index (χ1) is 7.69. The number of rotatable bonds is 6. The number of hydrogen-bond donors (Lipinski definition) is 2. The fraction of sp³-hybridized carbons (Fsp3) is 0.500. The number of hydrogen-bond acceptors (Lipinski definition) is 3. The van der Waals surface area contributed by atoms with Gasteiger partial charge in [0.1, 0.15) is 5.75 Å². The Balaban J connectivity index is 2.72. The Labute approximate surface area is 101 Å². The second-order valence-corrected chi connectivity index (χ2v) is 4.08. The maximum absolute atomic E-state index is 8.71. The van der Waals surface area contributed by atoms with Crippen LogP contribution in [0.5, 0.6) is 5.75 Å². The van der Waals surface area contributed by atoms with Crippen LogP contribution in [0.4, 0.5) is 0 Å². The minimum Gasteiger partial charge on any atom is -0.496 e. The number of aliphatic hydroxyl groups excluding tert-OH is 1. The largest absolute Gasteiger partial charge is 0.496 e. The van der Waals surface area contributed by atoms with Gasteiger partial charge in [0.2, 0.25) is 0 Å². The molecule has 90 valence electrons. The van der Waals surface area contributed by atoms with Crippen molar-refractivity contribution in [3.05, 3.63) is 28.8 Å². The fourth-order valence-electron chi connectivity index (χ4n) is 1.55. The summed E-state index contributed by atoms with van der Waals surface area (Å²) in [4.78, 5) is 0. The Morgan fingerprint density at radius 3 is 2.88 bits per heavy atom. The van der Waals surface area contributed by atoms with E-state index in [-0.39, 0.29) is 12.6 Å². The zero-order chi connectivity index (χ0) is 12.0. The van der Waals surface area contributed by atoms with E-state index < -0.39 is 0 Å². The van der Waals surface area contributed by atoms with Crippen LogP contribution in [0.15, 0.2) is 18.2 Å². The van der Waals surface area contributed by atoms with Gasteiger partial charge < -0.3 is 15.2 Å². The van der Waals surface area contributed by atoms with Gasteiger partial charge in [0.25, 0.3) is 0 Å². The number of methoxy groups -OCH3 is 1. The molecule has 1 aromatic carbocycles. The molecule has 1 aromatic rings. The molecule has 0 spiro atoms. The number of halogens is 1.